The number of nitrogens with one attached hydrogen (secondary N) is 1. The molecule has 0 radical (unpaired) electrons. The first-order valence-corrected chi connectivity index (χ1v) is 19.7. The van der Waals surface area contributed by atoms with Crippen molar-refractivity contribution in [2.75, 3.05) is 126 Å². The number of nitrogens with zero attached hydrogens (tertiary/aromatic N) is 12. The van der Waals surface area contributed by atoms with Gasteiger partial charge in [-0.3, -0.25) is 37.4 Å². The molecule has 0 fully saturated rings. The van der Waals surface area contributed by atoms with Crippen LogP contribution in [0, 0.1) is 0 Å². The Morgan fingerprint density at radius 1 is 0.487 bits per heavy atom. The van der Waals surface area contributed by atoms with Gasteiger partial charge in [-0.05, 0) is 141 Å². The number of hydrogen-bond donors (Lipinski definition) is 1. The SMILES string of the molecule is CNCP(=NP(=NC(C)(C)C)(N=P(N(C)C)(N(C)C)N(C)C)N=P(N(C)C)(N(C)C)N(C)C)(N(C)C)N(C)C. The molecule has 0 spiro atoms. The van der Waals surface area contributed by atoms with Gasteiger partial charge in [0, 0.05) is 0 Å². The lowest BCUT2D eigenvalue weighted by Gasteiger charge is -2.45. The molecule has 0 aromatic heterocycles. The van der Waals surface area contributed by atoms with Crippen LogP contribution in [0.15, 0.2) is 18.3 Å². The van der Waals surface area contributed by atoms with Crippen molar-refractivity contribution in [1.29, 1.82) is 0 Å². The summed E-state index contributed by atoms with van der Waals surface area (Å²) in [6.45, 7) is 6.40. The highest BCUT2D eigenvalue weighted by Crippen LogP contribution is 2.78. The van der Waals surface area contributed by atoms with E-state index < -0.39 is 35.4 Å². The van der Waals surface area contributed by atoms with Gasteiger partial charge < -0.3 is 5.32 Å². The summed E-state index contributed by atoms with van der Waals surface area (Å²) < 4.78 is 41.1. The average molecular weight is 634 g/mol. The molecule has 0 saturated heterocycles. The third-order valence-corrected chi connectivity index (χ3v) is 22.6. The molecule has 0 aromatic rings. The van der Waals surface area contributed by atoms with Crippen molar-refractivity contribution in [2.24, 2.45) is 18.3 Å². The lowest BCUT2D eigenvalue weighted by Crippen LogP contribution is -2.31. The van der Waals surface area contributed by atoms with Gasteiger partial charge in [0.1, 0.15) is 7.36 Å². The Morgan fingerprint density at radius 2 is 0.769 bits per heavy atom. The first-order chi connectivity index (χ1) is 17.4. The van der Waals surface area contributed by atoms with E-state index in [1.807, 2.05) is 7.05 Å². The van der Waals surface area contributed by atoms with Crippen LogP contribution in [0.5, 0.6) is 0 Å². The molecule has 13 nitrogen and oxygen atoms in total. The summed E-state index contributed by atoms with van der Waals surface area (Å²) in [6, 6.07) is 0. The van der Waals surface area contributed by atoms with E-state index in [0.717, 1.165) is 0 Å². The van der Waals surface area contributed by atoms with Crippen molar-refractivity contribution < 1.29 is 0 Å². The van der Waals surface area contributed by atoms with Crippen molar-refractivity contribution in [2.45, 2.75) is 26.3 Å². The van der Waals surface area contributed by atoms with Gasteiger partial charge in [0.05, 0.1) is 11.8 Å². The maximum atomic E-state index is 5.88. The van der Waals surface area contributed by atoms with Crippen LogP contribution in [0.2, 0.25) is 0 Å². The van der Waals surface area contributed by atoms with Gasteiger partial charge in [-0.25, -0.2) is 4.74 Å². The largest absolute Gasteiger partial charge is 0.312 e. The predicted molar refractivity (Wildman–Crippen MR) is 181 cm³/mol. The highest BCUT2D eigenvalue weighted by molar-refractivity contribution is 7.81. The zero-order valence-corrected chi connectivity index (χ0v) is 32.4. The highest BCUT2D eigenvalue weighted by Gasteiger charge is 2.41. The van der Waals surface area contributed by atoms with Gasteiger partial charge in [0.2, 0.25) is 0 Å². The van der Waals surface area contributed by atoms with E-state index in [-0.39, 0.29) is 0 Å². The lowest BCUT2D eigenvalue weighted by atomic mass is 10.1. The van der Waals surface area contributed by atoms with Crippen LogP contribution in [0.3, 0.4) is 0 Å². The van der Waals surface area contributed by atoms with Gasteiger partial charge in [-0.15, -0.1) is 0 Å². The van der Waals surface area contributed by atoms with Crippen molar-refractivity contribution in [3.8, 4) is 0 Å². The van der Waals surface area contributed by atoms with Gasteiger partial charge in [0.25, 0.3) is 0 Å². The van der Waals surface area contributed by atoms with E-state index in [4.69, 9.17) is 18.3 Å². The molecule has 0 aliphatic carbocycles. The Kier molecular flexibility index (Phi) is 15.0. The topological polar surface area (TPSA) is 87.4 Å². The summed E-state index contributed by atoms with van der Waals surface area (Å²) in [5.74, 6) is 0. The molecule has 0 rings (SSSR count). The minimum absolute atomic E-state index is 0.431. The zero-order chi connectivity index (χ0) is 31.4. The maximum Gasteiger partial charge on any atom is 0.305 e. The van der Waals surface area contributed by atoms with Gasteiger partial charge in [-0.2, -0.15) is 13.5 Å². The van der Waals surface area contributed by atoms with Crippen molar-refractivity contribution in [3.63, 3.8) is 0 Å². The van der Waals surface area contributed by atoms with Crippen LogP contribution < -0.4 is 5.32 Å². The first kappa shape index (κ1) is 39.6. The molecule has 0 aromatic carbocycles. The molecule has 17 heteroatoms. The van der Waals surface area contributed by atoms with Crippen LogP contribution in [0.4, 0.5) is 0 Å². The summed E-state index contributed by atoms with van der Waals surface area (Å²) in [7, 11) is 25.2. The van der Waals surface area contributed by atoms with Crippen molar-refractivity contribution in [1.82, 2.24) is 42.7 Å². The van der Waals surface area contributed by atoms with E-state index in [1.165, 1.54) is 0 Å². The number of rotatable bonds is 13. The average Bonchev–Trinajstić information content (AvgIpc) is 2.72. The Balaban J connectivity index is 9.35. The second-order valence-electron chi connectivity index (χ2n) is 12.1. The lowest BCUT2D eigenvalue weighted by molar-refractivity contribution is 0.473. The van der Waals surface area contributed by atoms with Crippen LogP contribution >= 0.6 is 29.9 Å². The predicted octanol–water partition coefficient (Wildman–Crippen LogP) is 5.32. The van der Waals surface area contributed by atoms with Gasteiger partial charge >= 0.3 is 7.51 Å². The molecule has 0 aliphatic rings. The molecule has 39 heavy (non-hydrogen) atoms. The third kappa shape index (κ3) is 8.79. The fourth-order valence-electron chi connectivity index (χ4n) is 4.70. The van der Waals surface area contributed by atoms with Gasteiger partial charge in [0.15, 0.2) is 15.0 Å². The standard InChI is InChI=1S/C22H63N13P4/c1-22(2,3)24-37(25-36(21-23-4,28(5)6)29(7)8,26-38(30(9)10,31(11)12)32(13)14)27-39(33(15)16,34(17)18)35(19)20/h23H,21H2,1-20H3. The molecule has 1 N–H and O–H groups in total. The van der Waals surface area contributed by atoms with Crippen molar-refractivity contribution >= 4 is 29.9 Å². The van der Waals surface area contributed by atoms with E-state index >= 15 is 0 Å². The quantitative estimate of drug-likeness (QED) is 0.271. The summed E-state index contributed by atoms with van der Waals surface area (Å²) in [5, 5.41) is 3.44. The second-order valence-corrected chi connectivity index (χ2v) is 25.8. The van der Waals surface area contributed by atoms with E-state index in [1.54, 1.807) is 0 Å². The monoisotopic (exact) mass is 633 g/mol. The summed E-state index contributed by atoms with van der Waals surface area (Å²) in [5.41, 5.74) is -0.431. The molecule has 0 aliphatic heterocycles. The van der Waals surface area contributed by atoms with Crippen LogP contribution in [-0.4, -0.2) is 169 Å². The Bertz CT molecular complexity index is 889. The highest BCUT2D eigenvalue weighted by atomic mass is 31.3. The molecule has 0 amide bonds. The normalized spacial score (nSPS) is 14.7. The van der Waals surface area contributed by atoms with Crippen LogP contribution in [0.25, 0.3) is 0 Å². The minimum atomic E-state index is -3.17. The first-order valence-electron chi connectivity index (χ1n) is 13.0. The molecule has 0 atom stereocenters. The van der Waals surface area contributed by atoms with E-state index in [2.05, 4.69) is 176 Å². The molecular formula is C22H63N13P4. The minimum Gasteiger partial charge on any atom is -0.312 e. The fraction of sp³-hybridized carbons (Fsp3) is 1.00. The molecule has 236 valence electrons. The summed E-state index contributed by atoms with van der Waals surface area (Å²) in [6.07, 6.45) is 0.689. The van der Waals surface area contributed by atoms with Crippen molar-refractivity contribution in [3.05, 3.63) is 0 Å². The van der Waals surface area contributed by atoms with E-state index in [0.29, 0.717) is 6.29 Å². The molecule has 0 unspecified atom stereocenters. The molecule has 0 bridgehead atoms. The summed E-state index contributed by atoms with van der Waals surface area (Å²) in [4.78, 5) is 0. The summed E-state index contributed by atoms with van der Waals surface area (Å²) >= 11 is 0. The van der Waals surface area contributed by atoms with Crippen LogP contribution in [-0.2, 0) is 0 Å². The Morgan fingerprint density at radius 3 is 0.949 bits per heavy atom. The smallest absolute Gasteiger partial charge is 0.305 e. The molecular weight excluding hydrogens is 570 g/mol. The van der Waals surface area contributed by atoms with E-state index in [9.17, 15) is 0 Å². The second kappa shape index (κ2) is 14.8. The third-order valence-electron chi connectivity index (χ3n) is 6.05. The fourth-order valence-corrected chi connectivity index (χ4v) is 22.9. The molecule has 0 heterocycles. The maximum absolute atomic E-state index is 5.88. The van der Waals surface area contributed by atoms with Gasteiger partial charge in [-0.1, -0.05) is 0 Å². The van der Waals surface area contributed by atoms with Crippen LogP contribution in [0.1, 0.15) is 20.8 Å². The Hall–Kier alpha value is 0.560. The molecule has 0 saturated carbocycles. The zero-order valence-electron chi connectivity index (χ0n) is 28.9. The Labute approximate surface area is 243 Å². The number of hydrogen-bond acceptors (Lipinski definition) is 2.